The normalized spacial score (nSPS) is 11.1. The van der Waals surface area contributed by atoms with Crippen LogP contribution in [0.25, 0.3) is 0 Å². The third kappa shape index (κ3) is 4.28. The van der Waals surface area contributed by atoms with Crippen LogP contribution in [0, 0.1) is 5.92 Å². The van der Waals surface area contributed by atoms with Crippen molar-refractivity contribution in [3.63, 3.8) is 0 Å². The lowest BCUT2D eigenvalue weighted by Crippen LogP contribution is -2.03. The van der Waals surface area contributed by atoms with Crippen LogP contribution in [0.15, 0.2) is 12.4 Å². The van der Waals surface area contributed by atoms with Gasteiger partial charge in [0.15, 0.2) is 0 Å². The Balaban J connectivity index is 2.43. The minimum Gasteiger partial charge on any atom is -0.477 e. The van der Waals surface area contributed by atoms with Crippen LogP contribution >= 0.6 is 0 Å². The van der Waals surface area contributed by atoms with Crippen molar-refractivity contribution in [2.24, 2.45) is 5.92 Å². The van der Waals surface area contributed by atoms with E-state index >= 15 is 0 Å². The molecule has 0 aliphatic heterocycles. The summed E-state index contributed by atoms with van der Waals surface area (Å²) >= 11 is 0. The van der Waals surface area contributed by atoms with Gasteiger partial charge in [-0.15, -0.1) is 0 Å². The summed E-state index contributed by atoms with van der Waals surface area (Å²) in [6.45, 7) is 9.27. The summed E-state index contributed by atoms with van der Waals surface area (Å²) in [5.74, 6) is 1.70. The Morgan fingerprint density at radius 3 is 2.33 bits per heavy atom. The first kappa shape index (κ1) is 12.0. The highest BCUT2D eigenvalue weighted by Crippen LogP contribution is 2.12. The molecule has 3 heteroatoms. The van der Waals surface area contributed by atoms with E-state index < -0.39 is 0 Å². The molecule has 0 amide bonds. The van der Waals surface area contributed by atoms with E-state index in [0.717, 1.165) is 12.1 Å². The summed E-state index contributed by atoms with van der Waals surface area (Å²) in [6.07, 6.45) is 4.54. The summed E-state index contributed by atoms with van der Waals surface area (Å²) in [4.78, 5) is 8.50. The Kier molecular flexibility index (Phi) is 4.53. The van der Waals surface area contributed by atoms with Crippen LogP contribution in [0.3, 0.4) is 0 Å². The largest absolute Gasteiger partial charge is 0.477 e. The molecule has 0 radical (unpaired) electrons. The monoisotopic (exact) mass is 208 g/mol. The van der Waals surface area contributed by atoms with Gasteiger partial charge in [0.2, 0.25) is 5.88 Å². The Bertz CT molecular complexity index is 280. The Labute approximate surface area is 91.9 Å². The predicted molar refractivity (Wildman–Crippen MR) is 61.1 cm³/mol. The van der Waals surface area contributed by atoms with Crippen LogP contribution in [0.5, 0.6) is 5.88 Å². The third-order valence-electron chi connectivity index (χ3n) is 2.18. The van der Waals surface area contributed by atoms with Crippen molar-refractivity contribution in [2.75, 3.05) is 6.61 Å². The van der Waals surface area contributed by atoms with E-state index in [1.54, 1.807) is 12.4 Å². The lowest BCUT2D eigenvalue weighted by Gasteiger charge is -2.08. The molecule has 1 aromatic rings. The summed E-state index contributed by atoms with van der Waals surface area (Å²) in [7, 11) is 0. The fourth-order valence-corrected chi connectivity index (χ4v) is 1.10. The molecule has 0 bridgehead atoms. The molecule has 84 valence electrons. The maximum absolute atomic E-state index is 5.48. The molecule has 1 rings (SSSR count). The zero-order valence-electron chi connectivity index (χ0n) is 10.0. The molecule has 15 heavy (non-hydrogen) atoms. The zero-order chi connectivity index (χ0) is 11.3. The van der Waals surface area contributed by atoms with Gasteiger partial charge >= 0.3 is 0 Å². The molecule has 0 aliphatic rings. The maximum atomic E-state index is 5.48. The number of hydrogen-bond acceptors (Lipinski definition) is 3. The molecule has 0 unspecified atom stereocenters. The first-order chi connectivity index (χ1) is 7.09. The highest BCUT2D eigenvalue weighted by molar-refractivity contribution is 5.09. The number of nitrogens with zero attached hydrogens (tertiary/aromatic N) is 2. The van der Waals surface area contributed by atoms with Crippen LogP contribution in [0.4, 0.5) is 0 Å². The Morgan fingerprint density at radius 1 is 1.13 bits per heavy atom. The van der Waals surface area contributed by atoms with E-state index in [-0.39, 0.29) is 0 Å². The number of aromatic nitrogens is 2. The van der Waals surface area contributed by atoms with Gasteiger partial charge in [-0.1, -0.05) is 27.7 Å². The van der Waals surface area contributed by atoms with Crippen LogP contribution < -0.4 is 4.74 Å². The van der Waals surface area contributed by atoms with Crippen molar-refractivity contribution in [1.29, 1.82) is 0 Å². The minimum absolute atomic E-state index is 0.419. The number of hydrogen-bond donors (Lipinski definition) is 0. The van der Waals surface area contributed by atoms with Crippen molar-refractivity contribution in [3.8, 4) is 5.88 Å². The molecule has 0 saturated heterocycles. The topological polar surface area (TPSA) is 35.0 Å². The van der Waals surface area contributed by atoms with Crippen molar-refractivity contribution in [2.45, 2.75) is 40.0 Å². The molecule has 0 spiro atoms. The van der Waals surface area contributed by atoms with Gasteiger partial charge in [0.1, 0.15) is 0 Å². The van der Waals surface area contributed by atoms with E-state index in [4.69, 9.17) is 4.74 Å². The van der Waals surface area contributed by atoms with Gasteiger partial charge in [0, 0.05) is 0 Å². The summed E-state index contributed by atoms with van der Waals surface area (Å²) in [5, 5.41) is 0. The molecule has 0 aromatic carbocycles. The van der Waals surface area contributed by atoms with Gasteiger partial charge in [0.25, 0.3) is 0 Å². The predicted octanol–water partition coefficient (Wildman–Crippen LogP) is 3.02. The second-order valence-corrected chi connectivity index (χ2v) is 4.47. The Hall–Kier alpha value is -1.12. The van der Waals surface area contributed by atoms with E-state index in [0.29, 0.717) is 24.3 Å². The number of rotatable bonds is 5. The zero-order valence-corrected chi connectivity index (χ0v) is 10.0. The van der Waals surface area contributed by atoms with Crippen molar-refractivity contribution >= 4 is 0 Å². The molecule has 0 N–H and O–H groups in total. The average molecular weight is 208 g/mol. The van der Waals surface area contributed by atoms with Gasteiger partial charge in [-0.2, -0.15) is 0 Å². The summed E-state index contributed by atoms with van der Waals surface area (Å²) in [6, 6.07) is 0. The second-order valence-electron chi connectivity index (χ2n) is 4.47. The molecular weight excluding hydrogens is 188 g/mol. The van der Waals surface area contributed by atoms with Crippen molar-refractivity contribution in [1.82, 2.24) is 9.97 Å². The average Bonchev–Trinajstić information content (AvgIpc) is 2.18. The SMILES string of the molecule is CC(C)CCOc1cnc(C(C)C)cn1. The first-order valence-electron chi connectivity index (χ1n) is 5.54. The molecule has 0 fully saturated rings. The van der Waals surface area contributed by atoms with E-state index in [2.05, 4.69) is 37.7 Å². The fourth-order valence-electron chi connectivity index (χ4n) is 1.10. The van der Waals surface area contributed by atoms with Gasteiger partial charge in [-0.25, -0.2) is 4.98 Å². The van der Waals surface area contributed by atoms with Crippen molar-refractivity contribution < 1.29 is 4.74 Å². The standard InChI is InChI=1S/C12H20N2O/c1-9(2)5-6-15-12-8-13-11(7-14-12)10(3)4/h7-10H,5-6H2,1-4H3. The molecule has 3 nitrogen and oxygen atoms in total. The fraction of sp³-hybridized carbons (Fsp3) is 0.667. The third-order valence-corrected chi connectivity index (χ3v) is 2.18. The molecule has 0 saturated carbocycles. The van der Waals surface area contributed by atoms with Gasteiger partial charge in [-0.3, -0.25) is 4.98 Å². The van der Waals surface area contributed by atoms with Gasteiger partial charge in [-0.05, 0) is 18.3 Å². The van der Waals surface area contributed by atoms with E-state index in [1.807, 2.05) is 0 Å². The molecular formula is C12H20N2O. The number of ether oxygens (including phenoxy) is 1. The van der Waals surface area contributed by atoms with Crippen LogP contribution in [0.1, 0.15) is 45.7 Å². The van der Waals surface area contributed by atoms with Crippen LogP contribution in [-0.2, 0) is 0 Å². The highest BCUT2D eigenvalue weighted by atomic mass is 16.5. The summed E-state index contributed by atoms with van der Waals surface area (Å²) < 4.78 is 5.48. The Morgan fingerprint density at radius 2 is 1.87 bits per heavy atom. The lowest BCUT2D eigenvalue weighted by molar-refractivity contribution is 0.278. The van der Waals surface area contributed by atoms with Crippen LogP contribution in [0.2, 0.25) is 0 Å². The molecule has 0 atom stereocenters. The molecule has 1 heterocycles. The molecule has 0 aliphatic carbocycles. The van der Waals surface area contributed by atoms with Gasteiger partial charge in [0.05, 0.1) is 24.7 Å². The highest BCUT2D eigenvalue weighted by Gasteiger charge is 2.02. The summed E-state index contributed by atoms with van der Waals surface area (Å²) in [5.41, 5.74) is 1.01. The second kappa shape index (κ2) is 5.69. The van der Waals surface area contributed by atoms with Crippen molar-refractivity contribution in [3.05, 3.63) is 18.1 Å². The van der Waals surface area contributed by atoms with Gasteiger partial charge < -0.3 is 4.74 Å². The van der Waals surface area contributed by atoms with E-state index in [1.165, 1.54) is 0 Å². The molecule has 1 aromatic heterocycles. The first-order valence-corrected chi connectivity index (χ1v) is 5.54. The quantitative estimate of drug-likeness (QED) is 0.746. The van der Waals surface area contributed by atoms with E-state index in [9.17, 15) is 0 Å². The smallest absolute Gasteiger partial charge is 0.232 e. The minimum atomic E-state index is 0.419. The maximum Gasteiger partial charge on any atom is 0.232 e. The van der Waals surface area contributed by atoms with Crippen LogP contribution in [-0.4, -0.2) is 16.6 Å². The lowest BCUT2D eigenvalue weighted by atomic mass is 10.1.